The average Bonchev–Trinajstić information content (AvgIpc) is 3.41. The van der Waals surface area contributed by atoms with Crippen LogP contribution < -0.4 is 5.32 Å². The third-order valence-electron chi connectivity index (χ3n) is 4.92. The number of rotatable bonds is 4. The molecule has 1 amide bonds. The Balaban J connectivity index is 1.54. The summed E-state index contributed by atoms with van der Waals surface area (Å²) >= 11 is 7.40. The Morgan fingerprint density at radius 2 is 1.89 bits per heavy atom. The fraction of sp³-hybridized carbons (Fsp3) is 0.182. The number of nitrogens with one attached hydrogen (secondary N) is 1. The lowest BCUT2D eigenvalue weighted by molar-refractivity contribution is -0.117. The Morgan fingerprint density at radius 3 is 2.56 bits per heavy atom. The van der Waals surface area contributed by atoms with E-state index < -0.39 is 0 Å². The van der Waals surface area contributed by atoms with Gasteiger partial charge in [-0.1, -0.05) is 54.1 Å². The number of hydrogen-bond acceptors (Lipinski definition) is 3. The minimum Gasteiger partial charge on any atom is -0.316 e. The fourth-order valence-corrected chi connectivity index (χ4v) is 4.62. The van der Waals surface area contributed by atoms with Gasteiger partial charge >= 0.3 is 0 Å². The van der Waals surface area contributed by atoms with Crippen LogP contribution in [-0.2, 0) is 4.79 Å². The molecular weight excluding hydrogens is 376 g/mol. The van der Waals surface area contributed by atoms with Crippen molar-refractivity contribution in [3.05, 3.63) is 75.6 Å². The third-order valence-corrected chi connectivity index (χ3v) is 6.19. The number of nitrogens with zero attached hydrogens (tertiary/aromatic N) is 1. The van der Waals surface area contributed by atoms with E-state index in [9.17, 15) is 10.1 Å². The molecule has 1 N–H and O–H groups in total. The van der Waals surface area contributed by atoms with E-state index in [-0.39, 0.29) is 17.7 Å². The molecule has 1 aromatic heterocycles. The fourth-order valence-electron chi connectivity index (χ4n) is 3.46. The quantitative estimate of drug-likeness (QED) is 0.592. The molecule has 5 heteroatoms. The third kappa shape index (κ3) is 3.49. The minimum atomic E-state index is -0.0553. The SMILES string of the molecule is Cc1sc(NC(=O)[C@H]2C[C@H]2c2ccc(Cl)cc2)c(C#N)c1-c1ccccc1. The van der Waals surface area contributed by atoms with Gasteiger partial charge in [-0.3, -0.25) is 4.79 Å². The lowest BCUT2D eigenvalue weighted by atomic mass is 10.0. The molecule has 3 aromatic rings. The molecule has 1 fully saturated rings. The number of amides is 1. The molecule has 1 aliphatic rings. The van der Waals surface area contributed by atoms with Crippen LogP contribution in [0.25, 0.3) is 11.1 Å². The zero-order valence-electron chi connectivity index (χ0n) is 14.7. The second kappa shape index (κ2) is 7.19. The number of anilines is 1. The van der Waals surface area contributed by atoms with Gasteiger partial charge in [-0.05, 0) is 42.5 Å². The molecule has 0 bridgehead atoms. The topological polar surface area (TPSA) is 52.9 Å². The lowest BCUT2D eigenvalue weighted by Crippen LogP contribution is -2.14. The number of carbonyl (C=O) groups excluding carboxylic acids is 1. The Labute approximate surface area is 167 Å². The summed E-state index contributed by atoms with van der Waals surface area (Å²) < 4.78 is 0. The van der Waals surface area contributed by atoms with Crippen molar-refractivity contribution in [1.29, 1.82) is 5.26 Å². The molecule has 2 aromatic carbocycles. The summed E-state index contributed by atoms with van der Waals surface area (Å²) in [7, 11) is 0. The van der Waals surface area contributed by atoms with E-state index in [1.54, 1.807) is 0 Å². The molecule has 3 nitrogen and oxygen atoms in total. The van der Waals surface area contributed by atoms with Crippen molar-refractivity contribution in [3.8, 4) is 17.2 Å². The maximum absolute atomic E-state index is 12.7. The number of benzene rings is 2. The lowest BCUT2D eigenvalue weighted by Gasteiger charge is -2.05. The molecule has 0 spiro atoms. The highest BCUT2D eigenvalue weighted by atomic mass is 35.5. The minimum absolute atomic E-state index is 0.0210. The van der Waals surface area contributed by atoms with E-state index >= 15 is 0 Å². The average molecular weight is 393 g/mol. The van der Waals surface area contributed by atoms with Crippen molar-refractivity contribution in [3.63, 3.8) is 0 Å². The van der Waals surface area contributed by atoms with Crippen LogP contribution in [0.1, 0.15) is 28.3 Å². The van der Waals surface area contributed by atoms with Crippen LogP contribution in [0.4, 0.5) is 5.00 Å². The Kier molecular flexibility index (Phi) is 4.73. The highest BCUT2D eigenvalue weighted by Gasteiger charge is 2.44. The number of hydrogen-bond donors (Lipinski definition) is 1. The molecule has 1 aliphatic carbocycles. The summed E-state index contributed by atoms with van der Waals surface area (Å²) in [6, 6.07) is 19.8. The first kappa shape index (κ1) is 17.8. The predicted molar refractivity (Wildman–Crippen MR) is 110 cm³/mol. The van der Waals surface area contributed by atoms with Gasteiger partial charge in [0.2, 0.25) is 5.91 Å². The van der Waals surface area contributed by atoms with Crippen molar-refractivity contribution >= 4 is 33.8 Å². The molecular formula is C22H17ClN2OS. The van der Waals surface area contributed by atoms with Gasteiger partial charge in [0, 0.05) is 21.4 Å². The van der Waals surface area contributed by atoms with Crippen LogP contribution in [0.3, 0.4) is 0 Å². The first-order valence-electron chi connectivity index (χ1n) is 8.73. The van der Waals surface area contributed by atoms with Gasteiger partial charge in [0.05, 0.1) is 5.56 Å². The molecule has 0 saturated heterocycles. The predicted octanol–water partition coefficient (Wildman–Crippen LogP) is 5.99. The van der Waals surface area contributed by atoms with E-state index in [1.165, 1.54) is 11.3 Å². The van der Waals surface area contributed by atoms with Gasteiger partial charge in [0.15, 0.2) is 0 Å². The van der Waals surface area contributed by atoms with Gasteiger partial charge in [-0.2, -0.15) is 5.26 Å². The number of thiophene rings is 1. The van der Waals surface area contributed by atoms with Crippen molar-refractivity contribution in [1.82, 2.24) is 0 Å². The van der Waals surface area contributed by atoms with Crippen molar-refractivity contribution in [2.75, 3.05) is 5.32 Å². The van der Waals surface area contributed by atoms with E-state index in [0.29, 0.717) is 15.6 Å². The Bertz CT molecular complexity index is 1030. The highest BCUT2D eigenvalue weighted by Crippen LogP contribution is 2.49. The number of aryl methyl sites for hydroxylation is 1. The van der Waals surface area contributed by atoms with Gasteiger partial charge < -0.3 is 5.32 Å². The largest absolute Gasteiger partial charge is 0.316 e. The summed E-state index contributed by atoms with van der Waals surface area (Å²) in [6.07, 6.45) is 0.825. The zero-order valence-corrected chi connectivity index (χ0v) is 16.3. The van der Waals surface area contributed by atoms with Crippen LogP contribution >= 0.6 is 22.9 Å². The summed E-state index contributed by atoms with van der Waals surface area (Å²) in [5.41, 5.74) is 3.57. The van der Waals surface area contributed by atoms with E-state index in [4.69, 9.17) is 11.6 Å². The monoisotopic (exact) mass is 392 g/mol. The smallest absolute Gasteiger partial charge is 0.228 e. The number of carbonyl (C=O) groups is 1. The molecule has 0 unspecified atom stereocenters. The summed E-state index contributed by atoms with van der Waals surface area (Å²) in [4.78, 5) is 13.7. The normalized spacial score (nSPS) is 18.0. The molecule has 4 rings (SSSR count). The standard InChI is InChI=1S/C22H17ClN2OS/c1-13-20(15-5-3-2-4-6-15)19(12-24)22(27-13)25-21(26)18-11-17(18)14-7-9-16(23)10-8-14/h2-10,17-18H,11H2,1H3,(H,25,26)/t17-,18-/m0/s1. The molecule has 1 saturated carbocycles. The van der Waals surface area contributed by atoms with Gasteiger partial charge in [0.25, 0.3) is 0 Å². The zero-order chi connectivity index (χ0) is 19.0. The molecule has 1 heterocycles. The van der Waals surface area contributed by atoms with Crippen LogP contribution in [0.5, 0.6) is 0 Å². The van der Waals surface area contributed by atoms with Crippen LogP contribution in [-0.4, -0.2) is 5.91 Å². The van der Waals surface area contributed by atoms with E-state index in [2.05, 4.69) is 11.4 Å². The maximum atomic E-state index is 12.7. The van der Waals surface area contributed by atoms with Crippen molar-refractivity contribution in [2.45, 2.75) is 19.3 Å². The van der Waals surface area contributed by atoms with Crippen molar-refractivity contribution in [2.24, 2.45) is 5.92 Å². The summed E-state index contributed by atoms with van der Waals surface area (Å²) in [5, 5.41) is 14.0. The van der Waals surface area contributed by atoms with Gasteiger partial charge in [-0.25, -0.2) is 0 Å². The maximum Gasteiger partial charge on any atom is 0.228 e. The molecule has 134 valence electrons. The van der Waals surface area contributed by atoms with E-state index in [1.807, 2.05) is 61.5 Å². The number of nitriles is 1. The Hall–Kier alpha value is -2.61. The van der Waals surface area contributed by atoms with E-state index in [0.717, 1.165) is 28.0 Å². The number of halogens is 1. The summed E-state index contributed by atoms with van der Waals surface area (Å²) in [6.45, 7) is 1.98. The Morgan fingerprint density at radius 1 is 1.19 bits per heavy atom. The van der Waals surface area contributed by atoms with Crippen LogP contribution in [0, 0.1) is 24.2 Å². The first-order chi connectivity index (χ1) is 13.1. The highest BCUT2D eigenvalue weighted by molar-refractivity contribution is 7.17. The van der Waals surface area contributed by atoms with Crippen LogP contribution in [0.15, 0.2) is 54.6 Å². The second-order valence-electron chi connectivity index (χ2n) is 6.70. The van der Waals surface area contributed by atoms with Gasteiger partial charge in [-0.15, -0.1) is 11.3 Å². The van der Waals surface area contributed by atoms with Gasteiger partial charge in [0.1, 0.15) is 11.1 Å². The first-order valence-corrected chi connectivity index (χ1v) is 9.93. The summed E-state index contributed by atoms with van der Waals surface area (Å²) in [5.74, 6) is 0.148. The second-order valence-corrected chi connectivity index (χ2v) is 8.37. The molecule has 0 radical (unpaired) electrons. The molecule has 0 aliphatic heterocycles. The van der Waals surface area contributed by atoms with Crippen molar-refractivity contribution < 1.29 is 4.79 Å². The molecule has 2 atom stereocenters. The van der Waals surface area contributed by atoms with Crippen LogP contribution in [0.2, 0.25) is 5.02 Å². The molecule has 27 heavy (non-hydrogen) atoms.